The normalized spacial score (nSPS) is 12.1. The fourth-order valence-corrected chi connectivity index (χ4v) is 7.59. The molecule has 0 bridgehead atoms. The maximum atomic E-state index is 13.9. The number of carbonyl (C=O) groups is 1. The van der Waals surface area contributed by atoms with Gasteiger partial charge in [0.15, 0.2) is 0 Å². The van der Waals surface area contributed by atoms with E-state index in [1.165, 1.54) is 23.9 Å². The smallest absolute Gasteiger partial charge is 0.340 e. The summed E-state index contributed by atoms with van der Waals surface area (Å²) < 4.78 is 51.3. The third-order valence-corrected chi connectivity index (χ3v) is 9.76. The van der Waals surface area contributed by atoms with Crippen molar-refractivity contribution in [3.63, 3.8) is 0 Å². The first-order valence-electron chi connectivity index (χ1n) is 12.0. The zero-order valence-electron chi connectivity index (χ0n) is 21.8. The lowest BCUT2D eigenvalue weighted by molar-refractivity contribution is -0.384. The zero-order chi connectivity index (χ0) is 28.1. The summed E-state index contributed by atoms with van der Waals surface area (Å²) in [4.78, 5) is 23.7. The van der Waals surface area contributed by atoms with Crippen molar-refractivity contribution >= 4 is 53.9 Å². The number of rotatable bonds is 13. The molecule has 0 radical (unpaired) electrons. The molecule has 1 N–H and O–H groups in total. The van der Waals surface area contributed by atoms with E-state index in [1.54, 1.807) is 52.0 Å². The molecule has 0 saturated heterocycles. The zero-order valence-corrected chi connectivity index (χ0v) is 23.6. The summed E-state index contributed by atoms with van der Waals surface area (Å²) in [6, 6.07) is 9.04. The van der Waals surface area contributed by atoms with Gasteiger partial charge in [-0.05, 0) is 51.3 Å². The minimum absolute atomic E-state index is 0.0266. The first-order chi connectivity index (χ1) is 18.0. The average Bonchev–Trinajstić information content (AvgIpc) is 3.26. The first kappa shape index (κ1) is 29.7. The summed E-state index contributed by atoms with van der Waals surface area (Å²) in [5, 5.41) is 15.0. The predicted octanol–water partition coefficient (Wildman–Crippen LogP) is 5.12. The highest BCUT2D eigenvalue weighted by molar-refractivity contribution is 7.63. The van der Waals surface area contributed by atoms with Crippen LogP contribution in [0.2, 0.25) is 0 Å². The van der Waals surface area contributed by atoms with Crippen LogP contribution in [0.3, 0.4) is 0 Å². The Labute approximate surface area is 220 Å². The second-order valence-corrected chi connectivity index (χ2v) is 11.9. The second kappa shape index (κ2) is 12.3. The Hall–Kier alpha value is -2.85. The van der Waals surface area contributed by atoms with Crippen LogP contribution in [0.4, 0.5) is 11.4 Å². The molecule has 2 aromatic carbocycles. The molecule has 1 amide bonds. The van der Waals surface area contributed by atoms with Crippen LogP contribution < -0.4 is 15.9 Å². The molecular formula is C24H31N3O9P2. The van der Waals surface area contributed by atoms with Gasteiger partial charge in [0.2, 0.25) is 0 Å². The van der Waals surface area contributed by atoms with Crippen molar-refractivity contribution in [2.45, 2.75) is 27.7 Å². The van der Waals surface area contributed by atoms with Crippen molar-refractivity contribution in [2.75, 3.05) is 31.7 Å². The molecule has 0 unspecified atom stereocenters. The lowest BCUT2D eigenvalue weighted by Crippen LogP contribution is -2.20. The molecule has 1 aromatic heterocycles. The van der Waals surface area contributed by atoms with Crippen LogP contribution in [0.5, 0.6) is 0 Å². The van der Waals surface area contributed by atoms with E-state index in [0.29, 0.717) is 10.8 Å². The fourth-order valence-electron chi connectivity index (χ4n) is 3.99. The van der Waals surface area contributed by atoms with Gasteiger partial charge >= 0.3 is 15.2 Å². The number of amides is 1. The van der Waals surface area contributed by atoms with E-state index in [1.807, 2.05) is 0 Å². The molecule has 12 nitrogen and oxygen atoms in total. The Morgan fingerprint density at radius 1 is 0.895 bits per heavy atom. The van der Waals surface area contributed by atoms with E-state index in [2.05, 4.69) is 5.32 Å². The number of hydrogen-bond donors (Lipinski definition) is 1. The largest absolute Gasteiger partial charge is 0.362 e. The van der Waals surface area contributed by atoms with Gasteiger partial charge in [-0.25, -0.2) is 0 Å². The van der Waals surface area contributed by atoms with E-state index >= 15 is 0 Å². The van der Waals surface area contributed by atoms with E-state index in [9.17, 15) is 24.0 Å². The monoisotopic (exact) mass is 567 g/mol. The summed E-state index contributed by atoms with van der Waals surface area (Å²) in [6.07, 6.45) is 1.22. The Bertz CT molecular complexity index is 1420. The van der Waals surface area contributed by atoms with Gasteiger partial charge in [-0.3, -0.25) is 24.0 Å². The van der Waals surface area contributed by atoms with Crippen molar-refractivity contribution in [2.24, 2.45) is 7.05 Å². The summed E-state index contributed by atoms with van der Waals surface area (Å²) >= 11 is 0. The van der Waals surface area contributed by atoms with Crippen molar-refractivity contribution in [3.8, 4) is 0 Å². The molecule has 0 saturated carbocycles. The van der Waals surface area contributed by atoms with Gasteiger partial charge in [-0.2, -0.15) is 0 Å². The van der Waals surface area contributed by atoms with Crippen LogP contribution >= 0.6 is 15.2 Å². The molecule has 14 heteroatoms. The van der Waals surface area contributed by atoms with E-state index in [0.717, 1.165) is 6.07 Å². The van der Waals surface area contributed by atoms with E-state index in [4.69, 9.17) is 18.1 Å². The molecule has 0 spiro atoms. The minimum Gasteiger partial charge on any atom is -0.340 e. The fraction of sp³-hybridized carbons (Fsp3) is 0.375. The van der Waals surface area contributed by atoms with Crippen molar-refractivity contribution in [1.29, 1.82) is 0 Å². The van der Waals surface area contributed by atoms with Crippen molar-refractivity contribution in [1.82, 2.24) is 4.57 Å². The first-order valence-corrected chi connectivity index (χ1v) is 15.1. The van der Waals surface area contributed by atoms with Crippen LogP contribution in [0.1, 0.15) is 38.2 Å². The molecule has 0 aliphatic carbocycles. The van der Waals surface area contributed by atoms with Gasteiger partial charge in [-0.1, -0.05) is 12.1 Å². The summed E-state index contributed by atoms with van der Waals surface area (Å²) in [5.74, 6) is -0.649. The van der Waals surface area contributed by atoms with Gasteiger partial charge in [0.05, 0.1) is 48.2 Å². The number of nitrogens with zero attached hydrogens (tertiary/aromatic N) is 2. The van der Waals surface area contributed by atoms with Crippen LogP contribution in [0.25, 0.3) is 10.8 Å². The number of aromatic nitrogens is 1. The summed E-state index contributed by atoms with van der Waals surface area (Å²) in [5.41, 5.74) is -0.0441. The van der Waals surface area contributed by atoms with Gasteiger partial charge < -0.3 is 28.0 Å². The number of carbonyl (C=O) groups excluding carboxylic acids is 1. The standard InChI is InChI=1S/C24H31N3O9P2/c1-6-33-37(31,34-7-2)22-12-10-11-19-20(22)13-17(14-23(19)38(32,35-8-3)36-9-4)25-24(28)21-15-18(27(29)30)16-26(21)5/h10-16H,6-9H2,1-5H3,(H,25,28). The molecule has 3 aromatic rings. The second-order valence-electron chi connectivity index (χ2n) is 7.94. The van der Waals surface area contributed by atoms with E-state index in [-0.39, 0.29) is 54.1 Å². The van der Waals surface area contributed by atoms with Gasteiger partial charge in [0.25, 0.3) is 11.6 Å². The third-order valence-electron chi connectivity index (χ3n) is 5.43. The molecule has 38 heavy (non-hydrogen) atoms. The van der Waals surface area contributed by atoms with Crippen LogP contribution in [0.15, 0.2) is 42.6 Å². The quantitative estimate of drug-likeness (QED) is 0.169. The third kappa shape index (κ3) is 6.07. The highest BCUT2D eigenvalue weighted by Gasteiger charge is 2.34. The molecule has 0 aliphatic heterocycles. The number of benzene rings is 2. The van der Waals surface area contributed by atoms with E-state index < -0.39 is 26.0 Å². The molecule has 3 rings (SSSR count). The molecule has 206 valence electrons. The Kier molecular flexibility index (Phi) is 9.64. The number of nitrogens with one attached hydrogen (secondary N) is 1. The molecule has 0 fully saturated rings. The number of hydrogen-bond acceptors (Lipinski definition) is 9. The lowest BCUT2D eigenvalue weighted by atomic mass is 10.1. The maximum Gasteiger partial charge on any atom is 0.362 e. The molecule has 0 atom stereocenters. The summed E-state index contributed by atoms with van der Waals surface area (Å²) in [7, 11) is -6.20. The Balaban J connectivity index is 2.28. The number of aryl methyl sites for hydroxylation is 1. The van der Waals surface area contributed by atoms with Crippen LogP contribution in [-0.4, -0.2) is 41.8 Å². The van der Waals surface area contributed by atoms with Crippen molar-refractivity contribution in [3.05, 3.63) is 58.4 Å². The Morgan fingerprint density at radius 3 is 1.95 bits per heavy atom. The SMILES string of the molecule is CCOP(=O)(OCC)c1cc(NC(=O)c2cc([N+](=O)[O-])cn2C)cc2c(P(=O)(OCC)OCC)cccc12. The average molecular weight is 567 g/mol. The van der Waals surface area contributed by atoms with Crippen molar-refractivity contribution < 1.29 is 36.9 Å². The van der Waals surface area contributed by atoms with Gasteiger partial charge in [-0.15, -0.1) is 0 Å². The van der Waals surface area contributed by atoms with Crippen LogP contribution in [-0.2, 0) is 34.3 Å². The highest BCUT2D eigenvalue weighted by atomic mass is 31.2. The molecule has 1 heterocycles. The molecule has 0 aliphatic rings. The van der Waals surface area contributed by atoms with Gasteiger partial charge in [0.1, 0.15) is 5.69 Å². The number of anilines is 1. The number of nitro groups is 1. The molecular weight excluding hydrogens is 536 g/mol. The number of fused-ring (bicyclic) bond motifs is 1. The minimum atomic E-state index is -3.90. The lowest BCUT2D eigenvalue weighted by Gasteiger charge is -2.23. The van der Waals surface area contributed by atoms with Crippen LogP contribution in [0, 0.1) is 10.1 Å². The topological polar surface area (TPSA) is 148 Å². The van der Waals surface area contributed by atoms with Gasteiger partial charge in [0, 0.05) is 24.2 Å². The predicted molar refractivity (Wildman–Crippen MR) is 145 cm³/mol. The highest BCUT2D eigenvalue weighted by Crippen LogP contribution is 2.52. The maximum absolute atomic E-state index is 13.9. The summed E-state index contributed by atoms with van der Waals surface area (Å²) in [6.45, 7) is 7.10. The Morgan fingerprint density at radius 2 is 1.45 bits per heavy atom.